The van der Waals surface area contributed by atoms with Crippen molar-refractivity contribution >= 4 is 23.2 Å². The number of rotatable bonds is 6. The predicted molar refractivity (Wildman–Crippen MR) is 74.0 cm³/mol. The highest BCUT2D eigenvalue weighted by molar-refractivity contribution is 7.14. The molecule has 0 aliphatic carbocycles. The Morgan fingerprint density at radius 2 is 2.05 bits per heavy atom. The lowest BCUT2D eigenvalue weighted by molar-refractivity contribution is -0.127. The van der Waals surface area contributed by atoms with Crippen molar-refractivity contribution in [2.24, 2.45) is 5.92 Å². The average Bonchev–Trinajstić information content (AvgIpc) is 2.67. The fourth-order valence-electron chi connectivity index (χ4n) is 1.42. The van der Waals surface area contributed by atoms with Crippen LogP contribution in [0.2, 0.25) is 0 Å². The maximum Gasteiger partial charge on any atom is 0.349 e. The van der Waals surface area contributed by atoms with Gasteiger partial charge in [0.25, 0.3) is 5.91 Å². The van der Waals surface area contributed by atoms with Crippen molar-refractivity contribution in [1.82, 2.24) is 5.32 Å². The largest absolute Gasteiger partial charge is 0.479 e. The Bertz CT molecular complexity index is 467. The second-order valence-corrected chi connectivity index (χ2v) is 6.01. The molecule has 2 N–H and O–H groups in total. The number of carboxylic acids is 1. The molecule has 6 heteroatoms. The fraction of sp³-hybridized carbons (Fsp3) is 0.538. The standard InChI is InChI=1S/C13H19NO4S/c1-7(2)6-14-12(15)9(4)18-10-5-8(3)19-11(10)13(16)17/h5,7,9H,6H2,1-4H3,(H,14,15)(H,16,17). The van der Waals surface area contributed by atoms with Gasteiger partial charge in [-0.15, -0.1) is 11.3 Å². The van der Waals surface area contributed by atoms with Crippen molar-refractivity contribution in [3.63, 3.8) is 0 Å². The number of thiophene rings is 1. The molecule has 0 radical (unpaired) electrons. The van der Waals surface area contributed by atoms with Gasteiger partial charge >= 0.3 is 5.97 Å². The molecule has 1 aromatic rings. The minimum Gasteiger partial charge on any atom is -0.479 e. The van der Waals surface area contributed by atoms with Crippen LogP contribution < -0.4 is 10.1 Å². The van der Waals surface area contributed by atoms with Gasteiger partial charge in [-0.3, -0.25) is 4.79 Å². The van der Waals surface area contributed by atoms with E-state index < -0.39 is 12.1 Å². The number of carbonyl (C=O) groups is 2. The lowest BCUT2D eigenvalue weighted by Crippen LogP contribution is -2.38. The molecule has 1 amide bonds. The third-order valence-corrected chi connectivity index (χ3v) is 3.39. The van der Waals surface area contributed by atoms with Gasteiger partial charge in [0.05, 0.1) is 0 Å². The molecular weight excluding hydrogens is 266 g/mol. The van der Waals surface area contributed by atoms with Crippen LogP contribution in [0.3, 0.4) is 0 Å². The molecule has 0 bridgehead atoms. The van der Waals surface area contributed by atoms with Gasteiger partial charge in [0, 0.05) is 11.4 Å². The number of amides is 1. The predicted octanol–water partition coefficient (Wildman–Crippen LogP) is 2.29. The van der Waals surface area contributed by atoms with E-state index in [9.17, 15) is 9.59 Å². The van der Waals surface area contributed by atoms with E-state index in [-0.39, 0.29) is 16.5 Å². The van der Waals surface area contributed by atoms with Crippen LogP contribution in [0.15, 0.2) is 6.07 Å². The molecule has 0 aliphatic rings. The zero-order chi connectivity index (χ0) is 14.6. The number of ether oxygens (including phenoxy) is 1. The summed E-state index contributed by atoms with van der Waals surface area (Å²) in [5, 5.41) is 11.8. The van der Waals surface area contributed by atoms with E-state index in [2.05, 4.69) is 5.32 Å². The van der Waals surface area contributed by atoms with Crippen molar-refractivity contribution in [2.45, 2.75) is 33.8 Å². The monoisotopic (exact) mass is 285 g/mol. The lowest BCUT2D eigenvalue weighted by atomic mass is 10.2. The molecule has 1 aromatic heterocycles. The fourth-order valence-corrected chi connectivity index (χ4v) is 2.20. The van der Waals surface area contributed by atoms with Crippen LogP contribution in [0, 0.1) is 12.8 Å². The van der Waals surface area contributed by atoms with Gasteiger partial charge in [0.15, 0.2) is 11.0 Å². The number of nitrogens with one attached hydrogen (secondary N) is 1. The Morgan fingerprint density at radius 3 is 2.58 bits per heavy atom. The molecule has 1 atom stereocenters. The van der Waals surface area contributed by atoms with Gasteiger partial charge in [-0.25, -0.2) is 4.79 Å². The second-order valence-electron chi connectivity index (χ2n) is 4.75. The number of aryl methyl sites for hydroxylation is 1. The van der Waals surface area contributed by atoms with Gasteiger partial charge in [0.1, 0.15) is 5.75 Å². The van der Waals surface area contributed by atoms with Gasteiger partial charge < -0.3 is 15.2 Å². The molecule has 1 unspecified atom stereocenters. The Morgan fingerprint density at radius 1 is 1.42 bits per heavy atom. The van der Waals surface area contributed by atoms with E-state index in [4.69, 9.17) is 9.84 Å². The van der Waals surface area contributed by atoms with E-state index in [0.29, 0.717) is 12.5 Å². The van der Waals surface area contributed by atoms with E-state index in [1.807, 2.05) is 13.8 Å². The Labute approximate surface area is 116 Å². The van der Waals surface area contributed by atoms with E-state index >= 15 is 0 Å². The van der Waals surface area contributed by atoms with Crippen molar-refractivity contribution in [3.8, 4) is 5.75 Å². The Balaban J connectivity index is 2.68. The molecule has 0 aliphatic heterocycles. The van der Waals surface area contributed by atoms with Crippen molar-refractivity contribution in [1.29, 1.82) is 0 Å². The molecule has 0 fully saturated rings. The van der Waals surface area contributed by atoms with Crippen LogP contribution >= 0.6 is 11.3 Å². The lowest BCUT2D eigenvalue weighted by Gasteiger charge is -2.15. The summed E-state index contributed by atoms with van der Waals surface area (Å²) in [6.45, 7) is 7.97. The highest BCUT2D eigenvalue weighted by Gasteiger charge is 2.20. The summed E-state index contributed by atoms with van der Waals surface area (Å²) in [7, 11) is 0. The molecule has 1 rings (SSSR count). The summed E-state index contributed by atoms with van der Waals surface area (Å²) in [5.74, 6) is -0.673. The summed E-state index contributed by atoms with van der Waals surface area (Å²) >= 11 is 1.14. The summed E-state index contributed by atoms with van der Waals surface area (Å²) < 4.78 is 5.44. The maximum absolute atomic E-state index is 11.8. The van der Waals surface area contributed by atoms with Crippen LogP contribution in [0.5, 0.6) is 5.75 Å². The number of hydrogen-bond donors (Lipinski definition) is 2. The second kappa shape index (κ2) is 6.56. The summed E-state index contributed by atoms with van der Waals surface area (Å²) in [4.78, 5) is 23.8. The minimum atomic E-state index is -1.04. The van der Waals surface area contributed by atoms with Gasteiger partial charge in [-0.05, 0) is 25.8 Å². The topological polar surface area (TPSA) is 75.6 Å². The maximum atomic E-state index is 11.8. The zero-order valence-electron chi connectivity index (χ0n) is 11.5. The molecule has 5 nitrogen and oxygen atoms in total. The van der Waals surface area contributed by atoms with Crippen LogP contribution in [-0.2, 0) is 4.79 Å². The number of aromatic carboxylic acids is 1. The summed E-state index contributed by atoms with van der Waals surface area (Å²) in [5.41, 5.74) is 0. The normalized spacial score (nSPS) is 12.3. The first-order chi connectivity index (χ1) is 8.81. The molecule has 0 spiro atoms. The van der Waals surface area contributed by atoms with Crippen molar-refractivity contribution in [3.05, 3.63) is 15.8 Å². The van der Waals surface area contributed by atoms with Crippen LogP contribution in [0.4, 0.5) is 0 Å². The first kappa shape index (κ1) is 15.5. The third kappa shape index (κ3) is 4.55. The minimum absolute atomic E-state index is 0.126. The Hall–Kier alpha value is -1.56. The molecule has 106 valence electrons. The third-order valence-electron chi connectivity index (χ3n) is 2.37. The van der Waals surface area contributed by atoms with Gasteiger partial charge in [-0.2, -0.15) is 0 Å². The highest BCUT2D eigenvalue weighted by Crippen LogP contribution is 2.29. The summed E-state index contributed by atoms with van der Waals surface area (Å²) in [6, 6.07) is 1.64. The van der Waals surface area contributed by atoms with E-state index in [0.717, 1.165) is 16.2 Å². The van der Waals surface area contributed by atoms with E-state index in [1.165, 1.54) is 0 Å². The van der Waals surface area contributed by atoms with Crippen LogP contribution in [0.1, 0.15) is 35.3 Å². The first-order valence-electron chi connectivity index (χ1n) is 6.09. The number of hydrogen-bond acceptors (Lipinski definition) is 4. The molecule has 1 heterocycles. The zero-order valence-corrected chi connectivity index (χ0v) is 12.3. The van der Waals surface area contributed by atoms with E-state index in [1.54, 1.807) is 19.9 Å². The molecular formula is C13H19NO4S. The van der Waals surface area contributed by atoms with Crippen molar-refractivity contribution < 1.29 is 19.4 Å². The number of carbonyl (C=O) groups excluding carboxylic acids is 1. The molecule has 19 heavy (non-hydrogen) atoms. The SMILES string of the molecule is Cc1cc(OC(C)C(=O)NCC(C)C)c(C(=O)O)s1. The first-order valence-corrected chi connectivity index (χ1v) is 6.91. The van der Waals surface area contributed by atoms with Gasteiger partial charge in [0.2, 0.25) is 0 Å². The number of carboxylic acid groups (broad SMARTS) is 1. The highest BCUT2D eigenvalue weighted by atomic mass is 32.1. The van der Waals surface area contributed by atoms with Crippen LogP contribution in [-0.4, -0.2) is 29.6 Å². The van der Waals surface area contributed by atoms with Crippen LogP contribution in [0.25, 0.3) is 0 Å². The quantitative estimate of drug-likeness (QED) is 0.841. The smallest absolute Gasteiger partial charge is 0.349 e. The molecule has 0 saturated heterocycles. The molecule has 0 aromatic carbocycles. The molecule has 0 saturated carbocycles. The van der Waals surface area contributed by atoms with Gasteiger partial charge in [-0.1, -0.05) is 13.8 Å². The average molecular weight is 285 g/mol. The van der Waals surface area contributed by atoms with Crippen molar-refractivity contribution in [2.75, 3.05) is 6.54 Å². The summed E-state index contributed by atoms with van der Waals surface area (Å²) in [6.07, 6.45) is -0.717. The Kier molecular flexibility index (Phi) is 5.35.